The number of imidazole rings is 1. The van der Waals surface area contributed by atoms with E-state index in [2.05, 4.69) is 39.4 Å². The molecular weight excluding hydrogens is 380 g/mol. The smallest absolute Gasteiger partial charge is 0.210 e. The SMILES string of the molecule is C[C@H](O)c1nccn1Cc1cc(C#Cc2ccc(CCN[C@H]3CCOC3)cc2)on1. The van der Waals surface area contributed by atoms with Crippen molar-refractivity contribution in [1.82, 2.24) is 20.0 Å². The highest BCUT2D eigenvalue weighted by molar-refractivity contribution is 5.40. The Labute approximate surface area is 176 Å². The van der Waals surface area contributed by atoms with Crippen molar-refractivity contribution in [3.63, 3.8) is 0 Å². The number of aliphatic hydroxyl groups excluding tert-OH is 1. The van der Waals surface area contributed by atoms with E-state index in [1.54, 1.807) is 19.3 Å². The molecule has 3 heterocycles. The third kappa shape index (κ3) is 5.36. The van der Waals surface area contributed by atoms with Gasteiger partial charge in [-0.1, -0.05) is 23.2 Å². The Morgan fingerprint density at radius 2 is 2.17 bits per heavy atom. The number of benzene rings is 1. The van der Waals surface area contributed by atoms with Crippen LogP contribution in [0.1, 0.15) is 47.9 Å². The molecule has 0 bridgehead atoms. The zero-order valence-corrected chi connectivity index (χ0v) is 17.0. The molecule has 7 heteroatoms. The Kier molecular flexibility index (Phi) is 6.60. The lowest BCUT2D eigenvalue weighted by Gasteiger charge is -2.10. The first kappa shape index (κ1) is 20.4. The quantitative estimate of drug-likeness (QED) is 0.586. The molecular formula is C23H26N4O3. The van der Waals surface area contributed by atoms with E-state index in [1.807, 2.05) is 22.8 Å². The Bertz CT molecular complexity index is 1000. The second kappa shape index (κ2) is 9.72. The summed E-state index contributed by atoms with van der Waals surface area (Å²) in [4.78, 5) is 4.16. The van der Waals surface area contributed by atoms with Gasteiger partial charge in [0.05, 0.1) is 13.2 Å². The molecule has 0 amide bonds. The van der Waals surface area contributed by atoms with Crippen molar-refractivity contribution in [3.05, 3.63) is 71.1 Å². The summed E-state index contributed by atoms with van der Waals surface area (Å²) in [6.07, 6.45) is 4.91. The van der Waals surface area contributed by atoms with E-state index in [-0.39, 0.29) is 0 Å². The largest absolute Gasteiger partial charge is 0.385 e. The Morgan fingerprint density at radius 1 is 1.30 bits per heavy atom. The summed E-state index contributed by atoms with van der Waals surface area (Å²) in [6, 6.07) is 10.6. The van der Waals surface area contributed by atoms with Crippen LogP contribution in [0.3, 0.4) is 0 Å². The normalized spacial score (nSPS) is 16.9. The number of nitrogens with zero attached hydrogens (tertiary/aromatic N) is 3. The van der Waals surface area contributed by atoms with Crippen molar-refractivity contribution in [1.29, 1.82) is 0 Å². The van der Waals surface area contributed by atoms with Gasteiger partial charge in [-0.2, -0.15) is 0 Å². The van der Waals surface area contributed by atoms with Crippen LogP contribution in [0, 0.1) is 11.8 Å². The molecule has 0 unspecified atom stereocenters. The molecule has 2 N–H and O–H groups in total. The highest BCUT2D eigenvalue weighted by Gasteiger charge is 2.14. The Morgan fingerprint density at radius 3 is 2.93 bits per heavy atom. The van der Waals surface area contributed by atoms with E-state index in [0.29, 0.717) is 24.2 Å². The molecule has 1 aliphatic heterocycles. The van der Waals surface area contributed by atoms with E-state index < -0.39 is 6.10 Å². The maximum atomic E-state index is 9.75. The first-order chi connectivity index (χ1) is 14.7. The van der Waals surface area contributed by atoms with E-state index in [4.69, 9.17) is 9.26 Å². The lowest BCUT2D eigenvalue weighted by molar-refractivity contribution is 0.184. The predicted octanol–water partition coefficient (Wildman–Crippen LogP) is 2.29. The molecule has 3 aromatic rings. The zero-order chi connectivity index (χ0) is 20.8. The third-order valence-corrected chi connectivity index (χ3v) is 5.07. The van der Waals surface area contributed by atoms with Gasteiger partial charge in [0.15, 0.2) is 0 Å². The maximum Gasteiger partial charge on any atom is 0.210 e. The van der Waals surface area contributed by atoms with Gasteiger partial charge in [0.2, 0.25) is 5.76 Å². The molecule has 0 saturated carbocycles. The second-order valence-corrected chi connectivity index (χ2v) is 7.48. The summed E-state index contributed by atoms with van der Waals surface area (Å²) in [7, 11) is 0. The molecule has 7 nitrogen and oxygen atoms in total. The summed E-state index contributed by atoms with van der Waals surface area (Å²) >= 11 is 0. The van der Waals surface area contributed by atoms with Crippen LogP contribution >= 0.6 is 0 Å². The topological polar surface area (TPSA) is 85.3 Å². The van der Waals surface area contributed by atoms with E-state index in [9.17, 15) is 5.11 Å². The summed E-state index contributed by atoms with van der Waals surface area (Å²) in [5, 5.41) is 17.3. The molecule has 30 heavy (non-hydrogen) atoms. The van der Waals surface area contributed by atoms with Gasteiger partial charge in [-0.05, 0) is 49.9 Å². The van der Waals surface area contributed by atoms with Crippen LogP contribution in [0.4, 0.5) is 0 Å². The molecule has 156 valence electrons. The maximum absolute atomic E-state index is 9.75. The van der Waals surface area contributed by atoms with E-state index in [0.717, 1.165) is 43.9 Å². The highest BCUT2D eigenvalue weighted by Crippen LogP contribution is 2.12. The van der Waals surface area contributed by atoms with Crippen LogP contribution in [-0.2, 0) is 17.7 Å². The zero-order valence-electron chi connectivity index (χ0n) is 17.0. The van der Waals surface area contributed by atoms with Crippen molar-refractivity contribution in [2.75, 3.05) is 19.8 Å². The average molecular weight is 406 g/mol. The van der Waals surface area contributed by atoms with Crippen LogP contribution in [0.15, 0.2) is 47.2 Å². The first-order valence-corrected chi connectivity index (χ1v) is 10.2. The molecule has 0 radical (unpaired) electrons. The number of rotatable bonds is 7. The summed E-state index contributed by atoms with van der Waals surface area (Å²) in [6.45, 7) is 4.80. The molecule has 1 saturated heterocycles. The molecule has 2 aromatic heterocycles. The van der Waals surface area contributed by atoms with Crippen molar-refractivity contribution >= 4 is 0 Å². The molecule has 1 aromatic carbocycles. The molecule has 0 spiro atoms. The van der Waals surface area contributed by atoms with Gasteiger partial charge in [-0.3, -0.25) is 0 Å². The first-order valence-electron chi connectivity index (χ1n) is 10.2. The number of hydrogen-bond donors (Lipinski definition) is 2. The van der Waals surface area contributed by atoms with Gasteiger partial charge in [-0.15, -0.1) is 0 Å². The number of hydrogen-bond acceptors (Lipinski definition) is 6. The summed E-state index contributed by atoms with van der Waals surface area (Å²) in [5.41, 5.74) is 2.94. The predicted molar refractivity (Wildman–Crippen MR) is 112 cm³/mol. The van der Waals surface area contributed by atoms with Crippen LogP contribution in [0.2, 0.25) is 0 Å². The number of ether oxygens (including phenoxy) is 1. The second-order valence-electron chi connectivity index (χ2n) is 7.48. The van der Waals surface area contributed by atoms with Crippen LogP contribution in [0.5, 0.6) is 0 Å². The van der Waals surface area contributed by atoms with Gasteiger partial charge in [0.25, 0.3) is 0 Å². The molecule has 0 aliphatic carbocycles. The summed E-state index contributed by atoms with van der Waals surface area (Å²) in [5.74, 6) is 7.24. The van der Waals surface area contributed by atoms with Crippen LogP contribution in [-0.4, -0.2) is 45.6 Å². The lowest BCUT2D eigenvalue weighted by Crippen LogP contribution is -2.30. The Balaban J connectivity index is 1.31. The van der Waals surface area contributed by atoms with Crippen LogP contribution in [0.25, 0.3) is 0 Å². The molecule has 4 rings (SSSR count). The molecule has 2 atom stereocenters. The fourth-order valence-electron chi connectivity index (χ4n) is 3.45. The standard InChI is InChI=1S/C23H26N4O3/c1-17(28)23-25-11-12-27(23)15-21-14-22(30-26-21)7-6-18-2-4-19(5-3-18)8-10-24-20-9-13-29-16-20/h2-5,11-12,14,17,20,24,28H,8-10,13,15-16H2,1H3/t17-,20-/m0/s1. The van der Waals surface area contributed by atoms with Crippen molar-refractivity contribution in [2.45, 2.75) is 38.5 Å². The number of aromatic nitrogens is 3. The molecule has 1 aliphatic rings. The van der Waals surface area contributed by atoms with Gasteiger partial charge in [0, 0.05) is 36.7 Å². The van der Waals surface area contributed by atoms with Gasteiger partial charge in [0.1, 0.15) is 17.6 Å². The highest BCUT2D eigenvalue weighted by atomic mass is 16.5. The summed E-state index contributed by atoms with van der Waals surface area (Å²) < 4.78 is 12.5. The van der Waals surface area contributed by atoms with E-state index in [1.165, 1.54) is 5.56 Å². The van der Waals surface area contributed by atoms with Crippen molar-refractivity contribution in [2.24, 2.45) is 0 Å². The lowest BCUT2D eigenvalue weighted by atomic mass is 10.1. The monoisotopic (exact) mass is 406 g/mol. The van der Waals surface area contributed by atoms with Gasteiger partial charge in [-0.25, -0.2) is 4.98 Å². The van der Waals surface area contributed by atoms with Gasteiger partial charge >= 0.3 is 0 Å². The minimum Gasteiger partial charge on any atom is -0.385 e. The fourth-order valence-corrected chi connectivity index (χ4v) is 3.45. The average Bonchev–Trinajstić information content (AvgIpc) is 3.50. The Hall–Kier alpha value is -2.92. The minimum absolute atomic E-state index is 0.473. The number of aliphatic hydroxyl groups is 1. The van der Waals surface area contributed by atoms with Crippen molar-refractivity contribution in [3.8, 4) is 11.8 Å². The minimum atomic E-state index is -0.637. The number of nitrogens with one attached hydrogen (secondary N) is 1. The van der Waals surface area contributed by atoms with Gasteiger partial charge < -0.3 is 24.3 Å². The van der Waals surface area contributed by atoms with E-state index >= 15 is 0 Å². The third-order valence-electron chi connectivity index (χ3n) is 5.07. The fraction of sp³-hybridized carbons (Fsp3) is 0.391. The van der Waals surface area contributed by atoms with Crippen molar-refractivity contribution < 1.29 is 14.4 Å². The van der Waals surface area contributed by atoms with Crippen LogP contribution < -0.4 is 5.32 Å². The molecule has 1 fully saturated rings.